The molecule has 4 amide bonds. The van der Waals surface area contributed by atoms with Crippen molar-refractivity contribution >= 4 is 58.0 Å². The lowest BCUT2D eigenvalue weighted by Crippen LogP contribution is -2.44. The number of pyridine rings is 2. The number of hydrogen-bond acceptors (Lipinski definition) is 11. The van der Waals surface area contributed by atoms with E-state index >= 15 is 4.39 Å². The van der Waals surface area contributed by atoms with Crippen molar-refractivity contribution in [2.75, 3.05) is 28.6 Å². The van der Waals surface area contributed by atoms with Crippen LogP contribution in [0.5, 0.6) is 0 Å². The molecule has 0 bridgehead atoms. The third kappa shape index (κ3) is 9.96. The SMILES string of the molecule is Cc1c(-c2cc3cc(Nc4cc5n(n4)CC(=O)N(CC4CC4)CC5)ncc3c(NC(=O)OC(C)(C)C)c2F)cncc1N(C(=O)OC(C)(C)C)C(=O)OC(C)(C)C. The average Bonchev–Trinajstić information content (AvgIpc) is 3.84. The van der Waals surface area contributed by atoms with Crippen LogP contribution in [-0.2, 0) is 32.0 Å². The highest BCUT2D eigenvalue weighted by molar-refractivity contribution is 6.11. The maximum absolute atomic E-state index is 16.9. The quantitative estimate of drug-likeness (QED) is 0.172. The first kappa shape index (κ1) is 40.9. The van der Waals surface area contributed by atoms with E-state index in [2.05, 4.69) is 25.7 Å². The standard InChI is InChI=1S/C41H51FN8O7/c1-23-28(18-43-20-30(23)50(37(53)56-40(5,6)7)38(54)57-41(8,9)10)27-15-25-16-31(44-19-29(25)35(34(27)42)46-36(52)55-39(2,3)4)45-32-17-26-13-14-48(21-24-11-12-24)33(51)22-49(26)47-32/h15-20,24H,11-14,21-22H2,1-10H3,(H,46,52)(H,44,45,47). The van der Waals surface area contributed by atoms with Gasteiger partial charge in [-0.15, -0.1) is 0 Å². The van der Waals surface area contributed by atoms with Crippen LogP contribution in [0.4, 0.5) is 41.8 Å². The molecule has 4 heterocycles. The normalized spacial score (nSPS) is 14.8. The molecule has 16 heteroatoms. The van der Waals surface area contributed by atoms with Gasteiger partial charge in [-0.05, 0) is 111 Å². The summed E-state index contributed by atoms with van der Waals surface area (Å²) in [6, 6.07) is 5.12. The highest BCUT2D eigenvalue weighted by atomic mass is 19.1. The van der Waals surface area contributed by atoms with E-state index in [0.717, 1.165) is 30.0 Å². The smallest absolute Gasteiger partial charge is 0.424 e. The van der Waals surface area contributed by atoms with Crippen LogP contribution in [0.25, 0.3) is 21.9 Å². The van der Waals surface area contributed by atoms with Crippen LogP contribution in [-0.4, -0.2) is 78.7 Å². The molecule has 2 N–H and O–H groups in total. The number of carbonyl (C=O) groups excluding carboxylic acids is 4. The molecule has 4 aromatic rings. The molecular formula is C41H51FN8O7. The molecule has 1 aromatic carbocycles. The number of aromatic nitrogens is 4. The van der Waals surface area contributed by atoms with Gasteiger partial charge in [-0.2, -0.15) is 10.00 Å². The largest absolute Gasteiger partial charge is 0.444 e. The van der Waals surface area contributed by atoms with Crippen molar-refractivity contribution < 1.29 is 37.8 Å². The van der Waals surface area contributed by atoms with Gasteiger partial charge in [0.2, 0.25) is 5.91 Å². The summed E-state index contributed by atoms with van der Waals surface area (Å²) in [5.41, 5.74) is -1.61. The Balaban J connectivity index is 1.41. The van der Waals surface area contributed by atoms with Gasteiger partial charge in [0.05, 0.1) is 17.6 Å². The first-order chi connectivity index (χ1) is 26.5. The summed E-state index contributed by atoms with van der Waals surface area (Å²) in [4.78, 5) is 64.7. The summed E-state index contributed by atoms with van der Waals surface area (Å²) in [6.45, 7) is 18.2. The fraction of sp³-hybridized carbons (Fsp3) is 0.488. The van der Waals surface area contributed by atoms with Crippen molar-refractivity contribution in [3.63, 3.8) is 0 Å². The highest BCUT2D eigenvalue weighted by Crippen LogP contribution is 2.40. The van der Waals surface area contributed by atoms with Crippen LogP contribution in [0.15, 0.2) is 36.8 Å². The molecule has 1 saturated carbocycles. The zero-order valence-electron chi connectivity index (χ0n) is 34.2. The Morgan fingerprint density at radius 1 is 0.877 bits per heavy atom. The maximum atomic E-state index is 16.9. The van der Waals surface area contributed by atoms with Gasteiger partial charge < -0.3 is 24.4 Å². The summed E-state index contributed by atoms with van der Waals surface area (Å²) >= 11 is 0. The average molecular weight is 787 g/mol. The Kier molecular flexibility index (Phi) is 10.9. The third-order valence-electron chi connectivity index (χ3n) is 9.03. The monoisotopic (exact) mass is 786 g/mol. The summed E-state index contributed by atoms with van der Waals surface area (Å²) < 4.78 is 35.3. The number of ether oxygens (including phenoxy) is 3. The molecule has 304 valence electrons. The number of anilines is 4. The minimum Gasteiger partial charge on any atom is -0.444 e. The van der Waals surface area contributed by atoms with E-state index in [4.69, 9.17) is 14.2 Å². The second-order valence-electron chi connectivity index (χ2n) is 17.5. The predicted octanol–water partition coefficient (Wildman–Crippen LogP) is 8.50. The first-order valence-electron chi connectivity index (χ1n) is 19.0. The highest BCUT2D eigenvalue weighted by Gasteiger charge is 2.35. The number of amides is 4. The van der Waals surface area contributed by atoms with Crippen molar-refractivity contribution in [2.45, 2.75) is 112 Å². The Labute approximate surface area is 331 Å². The summed E-state index contributed by atoms with van der Waals surface area (Å²) in [7, 11) is 0. The zero-order valence-corrected chi connectivity index (χ0v) is 34.2. The lowest BCUT2D eigenvalue weighted by atomic mass is 9.97. The molecule has 0 unspecified atom stereocenters. The number of nitrogens with one attached hydrogen (secondary N) is 2. The predicted molar refractivity (Wildman–Crippen MR) is 213 cm³/mol. The molecule has 0 radical (unpaired) electrons. The van der Waals surface area contributed by atoms with Crippen molar-refractivity contribution in [1.29, 1.82) is 0 Å². The number of nitrogens with zero attached hydrogens (tertiary/aromatic N) is 6. The maximum Gasteiger partial charge on any atom is 0.424 e. The molecule has 57 heavy (non-hydrogen) atoms. The van der Waals surface area contributed by atoms with Gasteiger partial charge in [0.25, 0.3) is 0 Å². The molecule has 15 nitrogen and oxygen atoms in total. The lowest BCUT2D eigenvalue weighted by Gasteiger charge is -2.29. The van der Waals surface area contributed by atoms with Gasteiger partial charge in [-0.3, -0.25) is 19.8 Å². The molecule has 1 aliphatic carbocycles. The summed E-state index contributed by atoms with van der Waals surface area (Å²) in [6.07, 6.45) is 4.19. The van der Waals surface area contributed by atoms with Crippen molar-refractivity contribution in [1.82, 2.24) is 24.6 Å². The van der Waals surface area contributed by atoms with E-state index in [0.29, 0.717) is 41.5 Å². The first-order valence-corrected chi connectivity index (χ1v) is 19.0. The molecule has 1 aliphatic heterocycles. The van der Waals surface area contributed by atoms with Gasteiger partial charge in [-0.1, -0.05) is 0 Å². The van der Waals surface area contributed by atoms with E-state index < -0.39 is 40.9 Å². The molecule has 6 rings (SSSR count). The Hall–Kier alpha value is -5.80. The van der Waals surface area contributed by atoms with Crippen molar-refractivity contribution in [3.8, 4) is 11.1 Å². The van der Waals surface area contributed by atoms with Gasteiger partial charge in [0.1, 0.15) is 29.2 Å². The van der Waals surface area contributed by atoms with Gasteiger partial charge in [-0.25, -0.2) is 23.8 Å². The number of hydrogen-bond donors (Lipinski definition) is 2. The van der Waals surface area contributed by atoms with E-state index in [1.54, 1.807) is 86.1 Å². The van der Waals surface area contributed by atoms with E-state index in [1.807, 2.05) is 11.0 Å². The van der Waals surface area contributed by atoms with Crippen LogP contribution < -0.4 is 15.5 Å². The molecule has 0 atom stereocenters. The van der Waals surface area contributed by atoms with E-state index in [-0.39, 0.29) is 40.3 Å². The summed E-state index contributed by atoms with van der Waals surface area (Å²) in [5.74, 6) is 0.637. The van der Waals surface area contributed by atoms with Gasteiger partial charge >= 0.3 is 18.3 Å². The molecular weight excluding hydrogens is 735 g/mol. The van der Waals surface area contributed by atoms with Gasteiger partial charge in [0.15, 0.2) is 11.6 Å². The number of halogens is 1. The lowest BCUT2D eigenvalue weighted by molar-refractivity contribution is -0.131. The molecule has 1 fully saturated rings. The second kappa shape index (κ2) is 15.3. The Morgan fingerprint density at radius 3 is 2.14 bits per heavy atom. The number of rotatable bonds is 7. The van der Waals surface area contributed by atoms with Crippen LogP contribution in [0.2, 0.25) is 0 Å². The Morgan fingerprint density at radius 2 is 1.53 bits per heavy atom. The number of carbonyl (C=O) groups is 4. The number of benzene rings is 1. The molecule has 3 aromatic heterocycles. The number of imide groups is 1. The van der Waals surface area contributed by atoms with E-state index in [1.165, 1.54) is 18.6 Å². The van der Waals surface area contributed by atoms with E-state index in [9.17, 15) is 19.2 Å². The summed E-state index contributed by atoms with van der Waals surface area (Å²) in [5, 5.41) is 11.1. The van der Waals surface area contributed by atoms with Gasteiger partial charge in [0, 0.05) is 60.2 Å². The van der Waals surface area contributed by atoms with Crippen LogP contribution in [0.1, 0.15) is 86.4 Å². The molecule has 0 saturated heterocycles. The fourth-order valence-electron chi connectivity index (χ4n) is 6.35. The van der Waals surface area contributed by atoms with Crippen molar-refractivity contribution in [2.24, 2.45) is 5.92 Å². The minimum absolute atomic E-state index is 0.00271. The van der Waals surface area contributed by atoms with Crippen LogP contribution in [0, 0.1) is 18.7 Å². The van der Waals surface area contributed by atoms with Crippen LogP contribution in [0.3, 0.4) is 0 Å². The van der Waals surface area contributed by atoms with Crippen LogP contribution >= 0.6 is 0 Å². The number of fused-ring (bicyclic) bond motifs is 2. The molecule has 2 aliphatic rings. The topological polar surface area (TPSA) is 170 Å². The zero-order chi connectivity index (χ0) is 41.6. The second-order valence-corrected chi connectivity index (χ2v) is 17.5. The molecule has 0 spiro atoms. The minimum atomic E-state index is -1.01. The Bertz CT molecular complexity index is 2200. The third-order valence-corrected chi connectivity index (χ3v) is 9.03. The fourth-order valence-corrected chi connectivity index (χ4v) is 6.35. The van der Waals surface area contributed by atoms with Crippen molar-refractivity contribution in [3.05, 3.63) is 53.9 Å².